The van der Waals surface area contributed by atoms with Gasteiger partial charge in [-0.2, -0.15) is 0 Å². The van der Waals surface area contributed by atoms with Gasteiger partial charge in [-0.05, 0) is 35.2 Å². The minimum Gasteiger partial charge on any atom is -0.435 e. The second-order valence-corrected chi connectivity index (χ2v) is 9.42. The Morgan fingerprint density at radius 3 is 1.97 bits per heavy atom. The Hall–Kier alpha value is -4.05. The molecular formula is C29H23N3O. The zero-order valence-corrected chi connectivity index (χ0v) is 18.8. The monoisotopic (exact) mass is 429 g/mol. The number of benzene rings is 3. The highest BCUT2D eigenvalue weighted by Gasteiger charge is 2.17. The molecule has 0 saturated heterocycles. The van der Waals surface area contributed by atoms with Gasteiger partial charge < -0.3 is 4.42 Å². The lowest BCUT2D eigenvalue weighted by atomic mass is 9.87. The van der Waals surface area contributed by atoms with E-state index in [1.807, 2.05) is 30.3 Å². The summed E-state index contributed by atoms with van der Waals surface area (Å²) in [5.74, 6) is 0.522. The molecule has 0 bridgehead atoms. The average molecular weight is 430 g/mol. The Kier molecular flexibility index (Phi) is 4.31. The van der Waals surface area contributed by atoms with Gasteiger partial charge in [-0.1, -0.05) is 81.4 Å². The number of hydrogen-bond donors (Lipinski definition) is 0. The standard InChI is InChI=1S/C29H23N3O/c1-29(2,3)21-13-16-25-24(17-21)32-28(33-25)23-15-12-20-10-9-19-11-14-22(18-7-5-4-6-8-18)30-26(19)27(20)31-23/h4-17H,1-3H3. The van der Waals surface area contributed by atoms with Crippen molar-refractivity contribution in [3.8, 4) is 22.8 Å². The van der Waals surface area contributed by atoms with Crippen molar-refractivity contribution in [3.05, 3.63) is 90.5 Å². The molecule has 6 rings (SSSR count). The van der Waals surface area contributed by atoms with Crippen LogP contribution in [0.2, 0.25) is 0 Å². The van der Waals surface area contributed by atoms with Gasteiger partial charge in [-0.3, -0.25) is 0 Å². The lowest BCUT2D eigenvalue weighted by molar-refractivity contribution is 0.590. The highest BCUT2D eigenvalue weighted by atomic mass is 16.3. The molecule has 0 atom stereocenters. The van der Waals surface area contributed by atoms with Gasteiger partial charge in [0.05, 0.1) is 16.7 Å². The summed E-state index contributed by atoms with van der Waals surface area (Å²) in [5, 5.41) is 2.09. The number of nitrogens with zero attached hydrogens (tertiary/aromatic N) is 3. The van der Waals surface area contributed by atoms with E-state index in [-0.39, 0.29) is 5.41 Å². The molecule has 160 valence electrons. The van der Waals surface area contributed by atoms with Gasteiger partial charge in [0.1, 0.15) is 11.2 Å². The molecule has 0 fully saturated rings. The highest BCUT2D eigenvalue weighted by molar-refractivity contribution is 6.04. The molecule has 0 saturated carbocycles. The van der Waals surface area contributed by atoms with E-state index in [9.17, 15) is 0 Å². The first-order valence-corrected chi connectivity index (χ1v) is 11.1. The molecule has 6 aromatic rings. The third kappa shape index (κ3) is 3.44. The van der Waals surface area contributed by atoms with Crippen LogP contribution in [0.5, 0.6) is 0 Å². The number of fused-ring (bicyclic) bond motifs is 4. The van der Waals surface area contributed by atoms with Gasteiger partial charge in [0.2, 0.25) is 5.89 Å². The number of rotatable bonds is 2. The zero-order valence-electron chi connectivity index (χ0n) is 18.8. The lowest BCUT2D eigenvalue weighted by Crippen LogP contribution is -2.10. The molecule has 0 spiro atoms. The first-order valence-electron chi connectivity index (χ1n) is 11.1. The first kappa shape index (κ1) is 19.6. The fraction of sp³-hybridized carbons (Fsp3) is 0.138. The van der Waals surface area contributed by atoms with Crippen LogP contribution < -0.4 is 0 Å². The van der Waals surface area contributed by atoms with Gasteiger partial charge in [-0.15, -0.1) is 0 Å². The fourth-order valence-electron chi connectivity index (χ4n) is 4.16. The van der Waals surface area contributed by atoms with Crippen LogP contribution in [0.1, 0.15) is 26.3 Å². The molecule has 33 heavy (non-hydrogen) atoms. The van der Waals surface area contributed by atoms with E-state index in [1.165, 1.54) is 5.56 Å². The predicted octanol–water partition coefficient (Wildman–Crippen LogP) is 7.56. The number of hydrogen-bond acceptors (Lipinski definition) is 4. The summed E-state index contributed by atoms with van der Waals surface area (Å²) in [6.45, 7) is 6.59. The minimum absolute atomic E-state index is 0.0511. The number of aromatic nitrogens is 3. The largest absolute Gasteiger partial charge is 0.435 e. The minimum atomic E-state index is 0.0511. The molecule has 3 aromatic carbocycles. The van der Waals surface area contributed by atoms with Gasteiger partial charge >= 0.3 is 0 Å². The van der Waals surface area contributed by atoms with Crippen LogP contribution >= 0.6 is 0 Å². The summed E-state index contributed by atoms with van der Waals surface area (Å²) < 4.78 is 6.08. The summed E-state index contributed by atoms with van der Waals surface area (Å²) in [6, 6.07) is 28.8. The Balaban J connectivity index is 1.51. The van der Waals surface area contributed by atoms with Crippen molar-refractivity contribution >= 4 is 32.9 Å². The zero-order chi connectivity index (χ0) is 22.6. The molecule has 0 aliphatic carbocycles. The van der Waals surface area contributed by atoms with Crippen molar-refractivity contribution in [1.82, 2.24) is 15.0 Å². The van der Waals surface area contributed by atoms with E-state index in [2.05, 4.69) is 75.4 Å². The maximum Gasteiger partial charge on any atom is 0.246 e. The Bertz CT molecular complexity index is 1640. The van der Waals surface area contributed by atoms with E-state index >= 15 is 0 Å². The third-order valence-corrected chi connectivity index (χ3v) is 6.06. The molecule has 0 aliphatic rings. The Morgan fingerprint density at radius 2 is 1.27 bits per heavy atom. The first-order chi connectivity index (χ1) is 16.0. The topological polar surface area (TPSA) is 51.8 Å². The van der Waals surface area contributed by atoms with E-state index in [0.717, 1.165) is 44.2 Å². The lowest BCUT2D eigenvalue weighted by Gasteiger charge is -2.18. The molecule has 0 aliphatic heterocycles. The predicted molar refractivity (Wildman–Crippen MR) is 134 cm³/mol. The van der Waals surface area contributed by atoms with Crippen LogP contribution in [0.4, 0.5) is 0 Å². The maximum absolute atomic E-state index is 6.08. The quantitative estimate of drug-likeness (QED) is 0.267. The summed E-state index contributed by atoms with van der Waals surface area (Å²) in [4.78, 5) is 14.7. The van der Waals surface area contributed by atoms with E-state index < -0.39 is 0 Å². The van der Waals surface area contributed by atoms with Crippen molar-refractivity contribution in [2.45, 2.75) is 26.2 Å². The summed E-state index contributed by atoms with van der Waals surface area (Å²) in [6.07, 6.45) is 0. The molecule has 3 aromatic heterocycles. The van der Waals surface area contributed by atoms with E-state index in [0.29, 0.717) is 11.6 Å². The normalized spacial score (nSPS) is 12.1. The smallest absolute Gasteiger partial charge is 0.246 e. The van der Waals surface area contributed by atoms with Crippen LogP contribution in [0.25, 0.3) is 55.7 Å². The van der Waals surface area contributed by atoms with Crippen molar-refractivity contribution in [3.63, 3.8) is 0 Å². The van der Waals surface area contributed by atoms with Crippen molar-refractivity contribution in [2.24, 2.45) is 0 Å². The second kappa shape index (κ2) is 7.24. The molecule has 0 N–H and O–H groups in total. The second-order valence-electron chi connectivity index (χ2n) is 9.42. The van der Waals surface area contributed by atoms with Crippen LogP contribution in [0, 0.1) is 0 Å². The van der Waals surface area contributed by atoms with Crippen LogP contribution in [0.3, 0.4) is 0 Å². The average Bonchev–Trinajstić information content (AvgIpc) is 3.27. The van der Waals surface area contributed by atoms with E-state index in [4.69, 9.17) is 19.4 Å². The SMILES string of the molecule is CC(C)(C)c1ccc2oc(-c3ccc4ccc5ccc(-c6ccccc6)nc5c4n3)nc2c1. The highest BCUT2D eigenvalue weighted by Crippen LogP contribution is 2.31. The molecule has 3 heterocycles. The molecule has 4 heteroatoms. The van der Waals surface area contributed by atoms with Crippen LogP contribution in [-0.2, 0) is 5.41 Å². The van der Waals surface area contributed by atoms with Gasteiger partial charge in [0, 0.05) is 16.3 Å². The summed E-state index contributed by atoms with van der Waals surface area (Å²) in [5.41, 5.74) is 7.34. The van der Waals surface area contributed by atoms with E-state index in [1.54, 1.807) is 0 Å². The maximum atomic E-state index is 6.08. The third-order valence-electron chi connectivity index (χ3n) is 6.06. The van der Waals surface area contributed by atoms with Crippen LogP contribution in [-0.4, -0.2) is 15.0 Å². The van der Waals surface area contributed by atoms with Gasteiger partial charge in [-0.25, -0.2) is 15.0 Å². The van der Waals surface area contributed by atoms with Crippen molar-refractivity contribution in [1.29, 1.82) is 0 Å². The number of pyridine rings is 2. The van der Waals surface area contributed by atoms with Crippen molar-refractivity contribution < 1.29 is 4.42 Å². The Morgan fingerprint density at radius 1 is 0.636 bits per heavy atom. The molecule has 4 nitrogen and oxygen atoms in total. The van der Waals surface area contributed by atoms with Gasteiger partial charge in [0.25, 0.3) is 0 Å². The molecule has 0 radical (unpaired) electrons. The molecule has 0 amide bonds. The summed E-state index contributed by atoms with van der Waals surface area (Å²) >= 11 is 0. The fourth-order valence-corrected chi connectivity index (χ4v) is 4.16. The van der Waals surface area contributed by atoms with Gasteiger partial charge in [0.15, 0.2) is 5.58 Å². The molecular weight excluding hydrogens is 406 g/mol. The van der Waals surface area contributed by atoms with Crippen molar-refractivity contribution in [2.75, 3.05) is 0 Å². The summed E-state index contributed by atoms with van der Waals surface area (Å²) in [7, 11) is 0. The number of oxazole rings is 1. The molecule has 0 unspecified atom stereocenters. The Labute approximate surface area is 192 Å². The van der Waals surface area contributed by atoms with Crippen LogP contribution in [0.15, 0.2) is 89.3 Å².